The molecule has 0 aromatic heterocycles. The summed E-state index contributed by atoms with van der Waals surface area (Å²) < 4.78 is 11.3. The number of ether oxygens (including phenoxy) is 2. The number of hydrogen-bond donors (Lipinski definition) is 0. The zero-order chi connectivity index (χ0) is 13.6. The maximum absolute atomic E-state index is 12.7. The molecule has 102 valence electrons. The van der Waals surface area contributed by atoms with Crippen LogP contribution in [-0.2, 0) is 0 Å². The summed E-state index contributed by atoms with van der Waals surface area (Å²) >= 11 is 3.48. The summed E-state index contributed by atoms with van der Waals surface area (Å²) in [4.78, 5) is 12.7. The highest BCUT2D eigenvalue weighted by molar-refractivity contribution is 9.10. The van der Waals surface area contributed by atoms with Gasteiger partial charge in [0.05, 0.1) is 19.8 Å². The van der Waals surface area contributed by atoms with E-state index in [0.29, 0.717) is 28.9 Å². The van der Waals surface area contributed by atoms with Gasteiger partial charge in [-0.15, -0.1) is 0 Å². The van der Waals surface area contributed by atoms with Crippen molar-refractivity contribution in [3.8, 4) is 11.5 Å². The molecule has 2 unspecified atom stereocenters. The van der Waals surface area contributed by atoms with E-state index in [0.717, 1.165) is 4.47 Å². The van der Waals surface area contributed by atoms with Crippen LogP contribution in [-0.4, -0.2) is 20.0 Å². The van der Waals surface area contributed by atoms with Crippen LogP contribution in [0.25, 0.3) is 0 Å². The Morgan fingerprint density at radius 2 is 1.89 bits per heavy atom. The number of hydrogen-bond acceptors (Lipinski definition) is 3. The topological polar surface area (TPSA) is 35.5 Å². The molecule has 2 saturated carbocycles. The van der Waals surface area contributed by atoms with Gasteiger partial charge in [0.2, 0.25) is 0 Å². The number of carbonyl (C=O) groups excluding carboxylic acids is 1. The fraction of sp³-hybridized carbons (Fsp3) is 0.533. The van der Waals surface area contributed by atoms with Crippen LogP contribution >= 0.6 is 15.9 Å². The molecule has 1 aromatic rings. The van der Waals surface area contributed by atoms with Crippen LogP contribution in [0, 0.1) is 17.8 Å². The van der Waals surface area contributed by atoms with E-state index in [1.807, 2.05) is 6.07 Å². The number of halogens is 1. The SMILES string of the molecule is COc1cc(Br)c(C(=O)C2C3CCCC32)c(OC)c1. The Bertz CT molecular complexity index is 516. The van der Waals surface area contributed by atoms with E-state index < -0.39 is 0 Å². The van der Waals surface area contributed by atoms with Crippen LogP contribution in [0.2, 0.25) is 0 Å². The van der Waals surface area contributed by atoms with E-state index >= 15 is 0 Å². The normalized spacial score (nSPS) is 27.8. The van der Waals surface area contributed by atoms with Gasteiger partial charge in [-0.2, -0.15) is 0 Å². The number of rotatable bonds is 4. The van der Waals surface area contributed by atoms with Gasteiger partial charge in [-0.05, 0) is 46.7 Å². The lowest BCUT2D eigenvalue weighted by atomic mass is 10.0. The Kier molecular flexibility index (Phi) is 3.29. The number of methoxy groups -OCH3 is 2. The first-order valence-electron chi connectivity index (χ1n) is 6.63. The predicted octanol–water partition coefficient (Wildman–Crippen LogP) is 3.70. The van der Waals surface area contributed by atoms with Crippen LogP contribution in [0.15, 0.2) is 16.6 Å². The van der Waals surface area contributed by atoms with Crippen molar-refractivity contribution in [1.29, 1.82) is 0 Å². The van der Waals surface area contributed by atoms with Crippen LogP contribution in [0.3, 0.4) is 0 Å². The first-order valence-corrected chi connectivity index (χ1v) is 7.42. The Morgan fingerprint density at radius 1 is 1.21 bits per heavy atom. The number of Topliss-reactive ketones (excluding diaryl/α,β-unsaturated/α-hetero) is 1. The smallest absolute Gasteiger partial charge is 0.171 e. The molecule has 0 bridgehead atoms. The molecule has 2 atom stereocenters. The van der Waals surface area contributed by atoms with Crippen molar-refractivity contribution in [2.24, 2.45) is 17.8 Å². The second-order valence-electron chi connectivity index (χ2n) is 5.34. The van der Waals surface area contributed by atoms with Crippen molar-refractivity contribution in [3.63, 3.8) is 0 Å². The third-order valence-corrected chi connectivity index (χ3v) is 5.06. The number of fused-ring (bicyclic) bond motifs is 1. The molecule has 2 aliphatic carbocycles. The molecule has 0 saturated heterocycles. The second-order valence-corrected chi connectivity index (χ2v) is 6.19. The Hall–Kier alpha value is -1.03. The lowest BCUT2D eigenvalue weighted by molar-refractivity contribution is 0.0947. The monoisotopic (exact) mass is 324 g/mol. The van der Waals surface area contributed by atoms with Gasteiger partial charge in [-0.3, -0.25) is 4.79 Å². The van der Waals surface area contributed by atoms with Gasteiger partial charge < -0.3 is 9.47 Å². The van der Waals surface area contributed by atoms with Gasteiger partial charge in [0, 0.05) is 16.5 Å². The van der Waals surface area contributed by atoms with Crippen molar-refractivity contribution in [3.05, 3.63) is 22.2 Å². The fourth-order valence-corrected chi connectivity index (χ4v) is 4.07. The van der Waals surface area contributed by atoms with E-state index in [-0.39, 0.29) is 11.7 Å². The summed E-state index contributed by atoms with van der Waals surface area (Å²) in [6.45, 7) is 0. The average molecular weight is 325 g/mol. The quantitative estimate of drug-likeness (QED) is 0.792. The number of carbonyl (C=O) groups is 1. The molecule has 4 heteroatoms. The lowest BCUT2D eigenvalue weighted by Crippen LogP contribution is -2.09. The van der Waals surface area contributed by atoms with Crippen LogP contribution in [0.4, 0.5) is 0 Å². The highest BCUT2D eigenvalue weighted by atomic mass is 79.9. The van der Waals surface area contributed by atoms with Gasteiger partial charge in [0.15, 0.2) is 5.78 Å². The third-order valence-electron chi connectivity index (χ3n) is 4.44. The summed E-state index contributed by atoms with van der Waals surface area (Å²) in [5, 5.41) is 0. The largest absolute Gasteiger partial charge is 0.497 e. The second kappa shape index (κ2) is 4.82. The molecule has 19 heavy (non-hydrogen) atoms. The molecule has 0 N–H and O–H groups in total. The molecule has 1 aromatic carbocycles. The van der Waals surface area contributed by atoms with E-state index in [2.05, 4.69) is 15.9 Å². The lowest BCUT2D eigenvalue weighted by Gasteiger charge is -2.12. The minimum atomic E-state index is 0.215. The van der Waals surface area contributed by atoms with Crippen molar-refractivity contribution >= 4 is 21.7 Å². The van der Waals surface area contributed by atoms with Crippen molar-refractivity contribution in [1.82, 2.24) is 0 Å². The summed E-state index contributed by atoms with van der Waals surface area (Å²) in [6.07, 6.45) is 3.69. The predicted molar refractivity (Wildman–Crippen MR) is 75.9 cm³/mol. The van der Waals surface area contributed by atoms with Gasteiger partial charge in [-0.1, -0.05) is 6.42 Å². The van der Waals surface area contributed by atoms with Crippen molar-refractivity contribution in [2.45, 2.75) is 19.3 Å². The number of ketones is 1. The van der Waals surface area contributed by atoms with Crippen LogP contribution in [0.5, 0.6) is 11.5 Å². The van der Waals surface area contributed by atoms with Gasteiger partial charge in [0.25, 0.3) is 0 Å². The molecule has 0 spiro atoms. The standard InChI is InChI=1S/C15H17BrO3/c1-18-8-6-11(16)14(12(7-8)19-2)15(17)13-9-4-3-5-10(9)13/h6-7,9-10,13H,3-5H2,1-2H3. The zero-order valence-electron chi connectivity index (χ0n) is 11.1. The van der Waals surface area contributed by atoms with E-state index in [1.54, 1.807) is 20.3 Å². The summed E-state index contributed by atoms with van der Waals surface area (Å²) in [5.74, 6) is 2.96. The Morgan fingerprint density at radius 3 is 2.47 bits per heavy atom. The molecule has 0 aliphatic heterocycles. The highest BCUT2D eigenvalue weighted by Crippen LogP contribution is 2.59. The Balaban J connectivity index is 1.93. The summed E-state index contributed by atoms with van der Waals surface area (Å²) in [7, 11) is 3.19. The first-order chi connectivity index (χ1) is 9.17. The van der Waals surface area contributed by atoms with E-state index in [9.17, 15) is 4.79 Å². The molecule has 0 radical (unpaired) electrons. The van der Waals surface area contributed by atoms with Gasteiger partial charge in [-0.25, -0.2) is 0 Å². The Labute approximate surface area is 121 Å². The molecule has 0 heterocycles. The zero-order valence-corrected chi connectivity index (χ0v) is 12.7. The molecular formula is C15H17BrO3. The summed E-state index contributed by atoms with van der Waals surface area (Å²) in [6, 6.07) is 3.60. The first kappa shape index (κ1) is 13.0. The van der Waals surface area contributed by atoms with Crippen LogP contribution in [0.1, 0.15) is 29.6 Å². The van der Waals surface area contributed by atoms with Crippen LogP contribution < -0.4 is 9.47 Å². The highest BCUT2D eigenvalue weighted by Gasteiger charge is 2.56. The van der Waals surface area contributed by atoms with Crippen molar-refractivity contribution < 1.29 is 14.3 Å². The molecule has 3 nitrogen and oxygen atoms in total. The van der Waals surface area contributed by atoms with E-state index in [4.69, 9.17) is 9.47 Å². The minimum absolute atomic E-state index is 0.215. The molecule has 2 aliphatic rings. The van der Waals surface area contributed by atoms with Gasteiger partial charge in [0.1, 0.15) is 11.5 Å². The van der Waals surface area contributed by atoms with Crippen molar-refractivity contribution in [2.75, 3.05) is 14.2 Å². The molecule has 2 fully saturated rings. The molecule has 3 rings (SSSR count). The third kappa shape index (κ3) is 2.06. The summed E-state index contributed by atoms with van der Waals surface area (Å²) in [5.41, 5.74) is 0.669. The van der Waals surface area contributed by atoms with Gasteiger partial charge >= 0.3 is 0 Å². The maximum Gasteiger partial charge on any atom is 0.171 e. The average Bonchev–Trinajstić information content (AvgIpc) is 2.90. The minimum Gasteiger partial charge on any atom is -0.497 e. The molecule has 0 amide bonds. The van der Waals surface area contributed by atoms with E-state index in [1.165, 1.54) is 19.3 Å². The fourth-order valence-electron chi connectivity index (χ4n) is 3.45. The molecular weight excluding hydrogens is 308 g/mol. The number of benzene rings is 1. The maximum atomic E-state index is 12.7.